The Hall–Kier alpha value is -2.66. The first-order valence-electron chi connectivity index (χ1n) is 8.04. The third kappa shape index (κ3) is 3.16. The molecule has 3 aromatic rings. The molecule has 5 nitrogen and oxygen atoms in total. The molecule has 2 unspecified atom stereocenters. The lowest BCUT2D eigenvalue weighted by Gasteiger charge is -2.19. The van der Waals surface area contributed by atoms with Crippen molar-refractivity contribution in [3.63, 3.8) is 0 Å². The second-order valence-corrected chi connectivity index (χ2v) is 6.07. The molecule has 2 N–H and O–H groups in total. The van der Waals surface area contributed by atoms with Crippen molar-refractivity contribution in [1.29, 1.82) is 0 Å². The molecule has 0 radical (unpaired) electrons. The molecule has 5 heteroatoms. The van der Waals surface area contributed by atoms with Crippen molar-refractivity contribution < 1.29 is 9.90 Å². The number of carbonyl (C=O) groups excluding carboxylic acids is 1. The summed E-state index contributed by atoms with van der Waals surface area (Å²) in [5, 5.41) is 12.1. The van der Waals surface area contributed by atoms with E-state index >= 15 is 0 Å². The minimum atomic E-state index is -0.134. The van der Waals surface area contributed by atoms with Crippen molar-refractivity contribution in [3.8, 4) is 5.69 Å². The number of hydrogen-bond donors (Lipinski definition) is 2. The Kier molecular flexibility index (Phi) is 4.62. The summed E-state index contributed by atoms with van der Waals surface area (Å²) in [6.07, 6.45) is 1.78. The lowest BCUT2D eigenvalue weighted by Crippen LogP contribution is -2.38. The molecule has 1 heterocycles. The topological polar surface area (TPSA) is 67.2 Å². The largest absolute Gasteiger partial charge is 0.396 e. The molecule has 0 aliphatic heterocycles. The van der Waals surface area contributed by atoms with Crippen molar-refractivity contribution >= 4 is 16.9 Å². The van der Waals surface area contributed by atoms with Crippen molar-refractivity contribution in [2.24, 2.45) is 5.92 Å². The quantitative estimate of drug-likeness (QED) is 0.759. The molecule has 0 aliphatic carbocycles. The van der Waals surface area contributed by atoms with Crippen LogP contribution in [0.5, 0.6) is 0 Å². The maximum Gasteiger partial charge on any atom is 0.251 e. The summed E-state index contributed by atoms with van der Waals surface area (Å²) < 4.78 is 1.99. The fourth-order valence-corrected chi connectivity index (χ4v) is 2.53. The third-order valence-corrected chi connectivity index (χ3v) is 4.36. The highest BCUT2D eigenvalue weighted by atomic mass is 16.3. The van der Waals surface area contributed by atoms with E-state index in [1.54, 1.807) is 18.5 Å². The van der Waals surface area contributed by atoms with Crippen LogP contribution >= 0.6 is 0 Å². The highest BCUT2D eigenvalue weighted by Gasteiger charge is 2.15. The normalized spacial score (nSPS) is 13.6. The fraction of sp³-hybridized carbons (Fsp3) is 0.263. The molecule has 2 aromatic carbocycles. The van der Waals surface area contributed by atoms with Crippen LogP contribution < -0.4 is 5.32 Å². The summed E-state index contributed by atoms with van der Waals surface area (Å²) in [7, 11) is 0. The molecule has 0 saturated heterocycles. The highest BCUT2D eigenvalue weighted by Crippen LogP contribution is 2.18. The molecule has 124 valence electrons. The first-order valence-corrected chi connectivity index (χ1v) is 8.04. The van der Waals surface area contributed by atoms with E-state index < -0.39 is 0 Å². The molecule has 0 saturated carbocycles. The Bertz CT molecular complexity index is 839. The van der Waals surface area contributed by atoms with Crippen LogP contribution in [0.3, 0.4) is 0 Å². The van der Waals surface area contributed by atoms with Gasteiger partial charge < -0.3 is 10.4 Å². The van der Waals surface area contributed by atoms with Gasteiger partial charge in [0.05, 0.1) is 11.0 Å². The van der Waals surface area contributed by atoms with Gasteiger partial charge in [0.2, 0.25) is 0 Å². The van der Waals surface area contributed by atoms with E-state index in [-0.39, 0.29) is 24.5 Å². The Balaban J connectivity index is 1.79. The summed E-state index contributed by atoms with van der Waals surface area (Å²) >= 11 is 0. The number of fused-ring (bicyclic) bond motifs is 1. The molecule has 3 rings (SSSR count). The number of nitrogens with one attached hydrogen (secondary N) is 1. The molecule has 0 aliphatic rings. The number of hydrogen-bond acceptors (Lipinski definition) is 3. The molecule has 2 atom stereocenters. The number of imidazole rings is 1. The van der Waals surface area contributed by atoms with Crippen LogP contribution in [0.15, 0.2) is 54.9 Å². The minimum Gasteiger partial charge on any atom is -0.396 e. The summed E-state index contributed by atoms with van der Waals surface area (Å²) in [4.78, 5) is 16.7. The Labute approximate surface area is 141 Å². The Morgan fingerprint density at radius 2 is 1.88 bits per heavy atom. The average molecular weight is 323 g/mol. The van der Waals surface area contributed by atoms with E-state index in [1.165, 1.54) is 0 Å². The Morgan fingerprint density at radius 3 is 2.58 bits per heavy atom. The smallest absolute Gasteiger partial charge is 0.251 e. The molecule has 0 spiro atoms. The van der Waals surface area contributed by atoms with Crippen molar-refractivity contribution in [1.82, 2.24) is 14.9 Å². The second-order valence-electron chi connectivity index (χ2n) is 6.07. The van der Waals surface area contributed by atoms with Gasteiger partial charge in [-0.05, 0) is 49.2 Å². The van der Waals surface area contributed by atoms with E-state index in [1.807, 2.05) is 54.8 Å². The van der Waals surface area contributed by atoms with Crippen LogP contribution in [-0.4, -0.2) is 33.2 Å². The van der Waals surface area contributed by atoms with Crippen molar-refractivity contribution in [2.45, 2.75) is 19.9 Å². The van der Waals surface area contributed by atoms with Crippen LogP contribution in [0.1, 0.15) is 24.2 Å². The van der Waals surface area contributed by atoms with Crippen LogP contribution in [0, 0.1) is 5.92 Å². The average Bonchev–Trinajstić information content (AvgIpc) is 3.05. The van der Waals surface area contributed by atoms with E-state index in [2.05, 4.69) is 10.3 Å². The number of aromatic nitrogens is 2. The van der Waals surface area contributed by atoms with Gasteiger partial charge in [-0.2, -0.15) is 0 Å². The van der Waals surface area contributed by atoms with E-state index in [0.717, 1.165) is 16.7 Å². The SMILES string of the molecule is CC(CO)C(C)NC(=O)c1ccc(-n2cnc3ccccc32)cc1. The Morgan fingerprint density at radius 1 is 1.17 bits per heavy atom. The van der Waals surface area contributed by atoms with Crippen LogP contribution in [0.25, 0.3) is 16.7 Å². The first-order chi connectivity index (χ1) is 11.6. The zero-order chi connectivity index (χ0) is 17.1. The van der Waals surface area contributed by atoms with Gasteiger partial charge in [-0.25, -0.2) is 4.98 Å². The number of carbonyl (C=O) groups is 1. The van der Waals surface area contributed by atoms with Crippen LogP contribution in [-0.2, 0) is 0 Å². The maximum atomic E-state index is 12.3. The summed E-state index contributed by atoms with van der Waals surface area (Å²) in [6.45, 7) is 3.84. The van der Waals surface area contributed by atoms with Gasteiger partial charge in [-0.3, -0.25) is 9.36 Å². The van der Waals surface area contributed by atoms with Gasteiger partial charge in [0.25, 0.3) is 5.91 Å². The van der Waals surface area contributed by atoms with Crippen molar-refractivity contribution in [2.75, 3.05) is 6.61 Å². The number of amides is 1. The summed E-state index contributed by atoms with van der Waals surface area (Å²) in [5.41, 5.74) is 3.52. The van der Waals surface area contributed by atoms with E-state index in [4.69, 9.17) is 5.11 Å². The van der Waals surface area contributed by atoms with E-state index in [9.17, 15) is 4.79 Å². The van der Waals surface area contributed by atoms with Crippen molar-refractivity contribution in [3.05, 3.63) is 60.4 Å². The monoisotopic (exact) mass is 323 g/mol. The standard InChI is InChI=1S/C19H21N3O2/c1-13(11-23)14(2)21-19(24)15-7-9-16(10-8-15)22-12-20-17-5-3-4-6-18(17)22/h3-10,12-14,23H,11H2,1-2H3,(H,21,24). The number of benzene rings is 2. The second kappa shape index (κ2) is 6.84. The molecular weight excluding hydrogens is 302 g/mol. The number of aliphatic hydroxyl groups is 1. The zero-order valence-electron chi connectivity index (χ0n) is 13.8. The highest BCUT2D eigenvalue weighted by molar-refractivity contribution is 5.94. The van der Waals surface area contributed by atoms with Crippen LogP contribution in [0.4, 0.5) is 0 Å². The fourth-order valence-electron chi connectivity index (χ4n) is 2.53. The summed E-state index contributed by atoms with van der Waals surface area (Å²) in [5.74, 6) is -0.115. The zero-order valence-corrected chi connectivity index (χ0v) is 13.8. The number of para-hydroxylation sites is 2. The van der Waals surface area contributed by atoms with Gasteiger partial charge in [0, 0.05) is 23.9 Å². The first kappa shape index (κ1) is 16.2. The molecule has 1 amide bonds. The summed E-state index contributed by atoms with van der Waals surface area (Å²) in [6, 6.07) is 15.3. The third-order valence-electron chi connectivity index (χ3n) is 4.36. The predicted octanol–water partition coefficient (Wildman–Crippen LogP) is 2.77. The number of nitrogens with zero attached hydrogens (tertiary/aromatic N) is 2. The number of rotatable bonds is 5. The van der Waals surface area contributed by atoms with Gasteiger partial charge in [0.15, 0.2) is 0 Å². The van der Waals surface area contributed by atoms with E-state index in [0.29, 0.717) is 5.56 Å². The lowest BCUT2D eigenvalue weighted by atomic mass is 10.0. The van der Waals surface area contributed by atoms with Gasteiger partial charge >= 0.3 is 0 Å². The number of aliphatic hydroxyl groups excluding tert-OH is 1. The molecule has 0 fully saturated rings. The predicted molar refractivity (Wildman–Crippen MR) is 94.2 cm³/mol. The maximum absolute atomic E-state index is 12.3. The molecular formula is C19H21N3O2. The minimum absolute atomic E-state index is 0.0190. The van der Waals surface area contributed by atoms with Gasteiger partial charge in [0.1, 0.15) is 6.33 Å². The molecule has 24 heavy (non-hydrogen) atoms. The molecule has 1 aromatic heterocycles. The van der Waals surface area contributed by atoms with Crippen LogP contribution in [0.2, 0.25) is 0 Å². The van der Waals surface area contributed by atoms with Gasteiger partial charge in [-0.15, -0.1) is 0 Å². The molecule has 0 bridgehead atoms. The van der Waals surface area contributed by atoms with Gasteiger partial charge in [-0.1, -0.05) is 19.1 Å². The lowest BCUT2D eigenvalue weighted by molar-refractivity contribution is 0.0916.